The van der Waals surface area contributed by atoms with Crippen LogP contribution < -0.4 is 4.72 Å². The molecule has 0 saturated heterocycles. The van der Waals surface area contributed by atoms with Gasteiger partial charge in [0.15, 0.2) is 0 Å². The fourth-order valence-electron chi connectivity index (χ4n) is 1.35. The number of aliphatic hydroxyl groups is 1. The Kier molecular flexibility index (Phi) is 6.19. The molecule has 1 aromatic rings. The lowest BCUT2D eigenvalue weighted by molar-refractivity contribution is 0.281. The highest BCUT2D eigenvalue weighted by Crippen LogP contribution is 2.30. The number of rotatable bonds is 6. The van der Waals surface area contributed by atoms with Crippen LogP contribution in [0.4, 0.5) is 0 Å². The van der Waals surface area contributed by atoms with Gasteiger partial charge < -0.3 is 5.11 Å². The molecule has 8 heteroatoms. The lowest BCUT2D eigenvalue weighted by atomic mass is 10.2. The maximum absolute atomic E-state index is 12.3. The van der Waals surface area contributed by atoms with E-state index in [9.17, 15) is 8.42 Å². The molecule has 0 aliphatic rings. The lowest BCUT2D eigenvalue weighted by Gasteiger charge is -2.22. The Morgan fingerprint density at radius 2 is 1.95 bits per heavy atom. The van der Waals surface area contributed by atoms with E-state index in [0.29, 0.717) is 0 Å². The maximum Gasteiger partial charge on any atom is 0.242 e. The van der Waals surface area contributed by atoms with Crippen molar-refractivity contribution in [1.82, 2.24) is 4.72 Å². The van der Waals surface area contributed by atoms with Crippen LogP contribution in [0.3, 0.4) is 0 Å². The average molecular weight is 358 g/mol. The summed E-state index contributed by atoms with van der Waals surface area (Å²) in [6, 6.07) is 2.71. The predicted octanol–water partition coefficient (Wildman–Crippen LogP) is 2.91. The van der Waals surface area contributed by atoms with Crippen LogP contribution in [-0.4, -0.2) is 31.1 Å². The number of hydrogen-bond donors (Lipinski definition) is 2. The summed E-state index contributed by atoms with van der Waals surface area (Å²) < 4.78 is 26.9. The second kappa shape index (κ2) is 6.85. The summed E-state index contributed by atoms with van der Waals surface area (Å²) >= 11 is 13.4. The van der Waals surface area contributed by atoms with E-state index in [0.717, 1.165) is 0 Å². The smallest absolute Gasteiger partial charge is 0.242 e. The highest BCUT2D eigenvalue weighted by atomic mass is 35.5. The van der Waals surface area contributed by atoms with Gasteiger partial charge >= 0.3 is 0 Å². The van der Waals surface area contributed by atoms with Gasteiger partial charge in [0.05, 0.1) is 11.6 Å². The van der Waals surface area contributed by atoms with E-state index in [1.54, 1.807) is 11.8 Å². The van der Waals surface area contributed by atoms with E-state index in [1.165, 1.54) is 12.1 Å². The number of benzene rings is 1. The van der Waals surface area contributed by atoms with E-state index >= 15 is 0 Å². The molecule has 1 rings (SSSR count). The number of thioether (sulfide) groups is 1. The van der Waals surface area contributed by atoms with Crippen LogP contribution >= 0.6 is 35.0 Å². The van der Waals surface area contributed by atoms with Crippen LogP contribution in [0, 0.1) is 0 Å². The number of aliphatic hydroxyl groups excluding tert-OH is 1. The second-order valence-electron chi connectivity index (χ2n) is 4.82. The van der Waals surface area contributed by atoms with Crippen molar-refractivity contribution in [1.29, 1.82) is 0 Å². The van der Waals surface area contributed by atoms with E-state index in [-0.39, 0.29) is 38.4 Å². The molecule has 0 radical (unpaired) electrons. The fraction of sp³-hybridized carbons (Fsp3) is 0.500. The van der Waals surface area contributed by atoms with Crippen LogP contribution in [0.25, 0.3) is 0 Å². The number of hydrogen-bond acceptors (Lipinski definition) is 4. The first-order chi connectivity index (χ1) is 9.13. The molecule has 0 aromatic heterocycles. The SMILES string of the molecule is CSC(C)(C)CNS(=O)(=O)c1cc(Cl)cc(CO)c1Cl. The standard InChI is InChI=1S/C12H17Cl2NO3S2/c1-12(2,19-3)7-15-20(17,18)10-5-9(13)4-8(6-16)11(10)14/h4-5,15-16H,6-7H2,1-3H3. The van der Waals surface area contributed by atoms with Gasteiger partial charge in [0.2, 0.25) is 10.0 Å². The third-order valence-electron chi connectivity index (χ3n) is 2.78. The quantitative estimate of drug-likeness (QED) is 0.821. The van der Waals surface area contributed by atoms with Crippen molar-refractivity contribution in [3.05, 3.63) is 27.7 Å². The normalized spacial score (nSPS) is 12.7. The molecule has 0 bridgehead atoms. The summed E-state index contributed by atoms with van der Waals surface area (Å²) in [5.74, 6) is 0. The number of nitrogens with one attached hydrogen (secondary N) is 1. The Balaban J connectivity index is 3.13. The molecule has 0 heterocycles. The lowest BCUT2D eigenvalue weighted by Crippen LogP contribution is -2.36. The van der Waals surface area contributed by atoms with Crippen LogP contribution in [0.5, 0.6) is 0 Å². The largest absolute Gasteiger partial charge is 0.392 e. The highest BCUT2D eigenvalue weighted by molar-refractivity contribution is 8.00. The topological polar surface area (TPSA) is 66.4 Å². The summed E-state index contributed by atoms with van der Waals surface area (Å²) in [5, 5.41) is 9.37. The van der Waals surface area contributed by atoms with Crippen molar-refractivity contribution in [2.24, 2.45) is 0 Å². The molecule has 2 N–H and O–H groups in total. The zero-order chi connectivity index (χ0) is 15.6. The molecule has 0 saturated carbocycles. The van der Waals surface area contributed by atoms with Crippen LogP contribution in [0.1, 0.15) is 19.4 Å². The molecular weight excluding hydrogens is 341 g/mol. The molecule has 20 heavy (non-hydrogen) atoms. The van der Waals surface area contributed by atoms with E-state index in [4.69, 9.17) is 28.3 Å². The molecule has 0 fully saturated rings. The Morgan fingerprint density at radius 1 is 1.35 bits per heavy atom. The molecule has 0 atom stereocenters. The molecule has 0 unspecified atom stereocenters. The number of sulfonamides is 1. The minimum absolute atomic E-state index is 0.00800. The summed E-state index contributed by atoms with van der Waals surface area (Å²) in [6.45, 7) is 3.74. The van der Waals surface area contributed by atoms with E-state index in [1.807, 2.05) is 20.1 Å². The summed E-state index contributed by atoms with van der Waals surface area (Å²) in [6.07, 6.45) is 1.91. The molecular formula is C12H17Cl2NO3S2. The predicted molar refractivity (Wildman–Crippen MR) is 85.2 cm³/mol. The van der Waals surface area contributed by atoms with Crippen LogP contribution in [0.15, 0.2) is 17.0 Å². The zero-order valence-corrected chi connectivity index (χ0v) is 14.5. The minimum Gasteiger partial charge on any atom is -0.392 e. The molecule has 4 nitrogen and oxygen atoms in total. The van der Waals surface area contributed by atoms with Crippen molar-refractivity contribution in [2.75, 3.05) is 12.8 Å². The van der Waals surface area contributed by atoms with Gasteiger partial charge in [0, 0.05) is 16.3 Å². The molecule has 114 valence electrons. The Morgan fingerprint density at radius 3 is 2.45 bits per heavy atom. The Hall–Kier alpha value is 0.0200. The van der Waals surface area contributed by atoms with Gasteiger partial charge in [-0.15, -0.1) is 0 Å². The second-order valence-corrected chi connectivity index (χ2v) is 8.89. The average Bonchev–Trinajstić information content (AvgIpc) is 2.39. The molecule has 0 aliphatic carbocycles. The molecule has 0 spiro atoms. The number of halogens is 2. The molecule has 0 aliphatic heterocycles. The van der Waals surface area contributed by atoms with Crippen molar-refractivity contribution in [2.45, 2.75) is 30.1 Å². The Labute approximate surface area is 133 Å². The summed E-state index contributed by atoms with van der Waals surface area (Å²) in [5.41, 5.74) is 0.281. The van der Waals surface area contributed by atoms with Crippen LogP contribution in [0.2, 0.25) is 10.0 Å². The van der Waals surface area contributed by atoms with Gasteiger partial charge in [0.25, 0.3) is 0 Å². The molecule has 1 aromatic carbocycles. The van der Waals surface area contributed by atoms with Gasteiger partial charge in [-0.05, 0) is 37.8 Å². The monoisotopic (exact) mass is 357 g/mol. The van der Waals surface area contributed by atoms with E-state index in [2.05, 4.69) is 4.72 Å². The third kappa shape index (κ3) is 4.51. The van der Waals surface area contributed by atoms with Crippen molar-refractivity contribution < 1.29 is 13.5 Å². The summed E-state index contributed by atoms with van der Waals surface area (Å²) in [7, 11) is -3.78. The highest BCUT2D eigenvalue weighted by Gasteiger charge is 2.24. The van der Waals surface area contributed by atoms with Crippen LogP contribution in [-0.2, 0) is 16.6 Å². The zero-order valence-electron chi connectivity index (χ0n) is 11.4. The third-order valence-corrected chi connectivity index (χ3v) is 6.23. The van der Waals surface area contributed by atoms with Crippen molar-refractivity contribution >= 4 is 45.0 Å². The van der Waals surface area contributed by atoms with Gasteiger partial charge in [0.1, 0.15) is 4.90 Å². The van der Waals surface area contributed by atoms with Crippen molar-refractivity contribution in [3.63, 3.8) is 0 Å². The first-order valence-corrected chi connectivity index (χ1v) is 9.23. The van der Waals surface area contributed by atoms with Gasteiger partial charge in [-0.25, -0.2) is 13.1 Å². The van der Waals surface area contributed by atoms with Crippen molar-refractivity contribution in [3.8, 4) is 0 Å². The first-order valence-electron chi connectivity index (χ1n) is 5.76. The molecule has 0 amide bonds. The van der Waals surface area contributed by atoms with Gasteiger partial charge in [-0.3, -0.25) is 0 Å². The first kappa shape index (κ1) is 18.1. The van der Waals surface area contributed by atoms with Gasteiger partial charge in [-0.1, -0.05) is 23.2 Å². The minimum atomic E-state index is -3.78. The fourth-order valence-corrected chi connectivity index (χ4v) is 3.79. The Bertz CT molecular complexity index is 589. The van der Waals surface area contributed by atoms with Gasteiger partial charge in [-0.2, -0.15) is 11.8 Å². The van der Waals surface area contributed by atoms with E-state index < -0.39 is 10.0 Å². The summed E-state index contributed by atoms with van der Waals surface area (Å²) in [4.78, 5) is -0.118. The maximum atomic E-state index is 12.3.